The van der Waals surface area contributed by atoms with Crippen LogP contribution < -0.4 is 0 Å². The van der Waals surface area contributed by atoms with Crippen molar-refractivity contribution in [3.63, 3.8) is 0 Å². The molecule has 3 heteroatoms. The summed E-state index contributed by atoms with van der Waals surface area (Å²) >= 11 is 0. The Hall–Kier alpha value is -0.380. The van der Waals surface area contributed by atoms with Crippen molar-refractivity contribution in [1.82, 2.24) is 0 Å². The summed E-state index contributed by atoms with van der Waals surface area (Å²) in [7, 11) is 0. The third-order valence-electron chi connectivity index (χ3n) is 4.65. The van der Waals surface area contributed by atoms with Gasteiger partial charge in [-0.25, -0.2) is 0 Å². The van der Waals surface area contributed by atoms with Gasteiger partial charge in [0.05, 0.1) is 12.7 Å². The van der Waals surface area contributed by atoms with Crippen LogP contribution in [-0.2, 0) is 0 Å². The Morgan fingerprint density at radius 3 is 1.58 bits per heavy atom. The van der Waals surface area contributed by atoms with Crippen LogP contribution in [-0.4, -0.2) is 34.1 Å². The number of rotatable bonds is 18. The molecule has 2 atom stereocenters. The second kappa shape index (κ2) is 19.0. The zero-order chi connectivity index (χ0) is 17.9. The Labute approximate surface area is 150 Å². The first-order valence-electron chi connectivity index (χ1n) is 10.3. The molecule has 0 heterocycles. The molecule has 3 N–H and O–H groups in total. The standard InChI is InChI=1S/C21H42O3/c1-2-3-4-5-6-7-8-9-10-11-12-13-14-15-16-17-18-20(23)21(24)19-22/h15-16,20-24H,2-14,17-19H2,1H3. The summed E-state index contributed by atoms with van der Waals surface area (Å²) in [5, 5.41) is 27.4. The molecule has 0 fully saturated rings. The molecule has 144 valence electrons. The fraction of sp³-hybridized carbons (Fsp3) is 0.905. The lowest BCUT2D eigenvalue weighted by Crippen LogP contribution is -2.28. The summed E-state index contributed by atoms with van der Waals surface area (Å²) in [4.78, 5) is 0. The number of unbranched alkanes of at least 4 members (excludes halogenated alkanes) is 12. The summed E-state index contributed by atoms with van der Waals surface area (Å²) in [6.45, 7) is 1.90. The van der Waals surface area contributed by atoms with Gasteiger partial charge in [-0.2, -0.15) is 0 Å². The fourth-order valence-corrected chi connectivity index (χ4v) is 2.92. The van der Waals surface area contributed by atoms with Gasteiger partial charge in [0.2, 0.25) is 0 Å². The summed E-state index contributed by atoms with van der Waals surface area (Å²) in [6.07, 6.45) is 21.3. The number of allylic oxidation sites excluding steroid dienone is 2. The number of hydrogen-bond donors (Lipinski definition) is 3. The Bertz CT molecular complexity index is 266. The van der Waals surface area contributed by atoms with E-state index < -0.39 is 12.2 Å². The first kappa shape index (κ1) is 23.6. The van der Waals surface area contributed by atoms with Crippen molar-refractivity contribution < 1.29 is 15.3 Å². The van der Waals surface area contributed by atoms with Gasteiger partial charge in [-0.15, -0.1) is 0 Å². The molecule has 0 aliphatic carbocycles. The van der Waals surface area contributed by atoms with Crippen molar-refractivity contribution in [3.8, 4) is 0 Å². The molecule has 0 aliphatic rings. The minimum absolute atomic E-state index is 0.371. The van der Waals surface area contributed by atoms with Crippen LogP contribution in [0.15, 0.2) is 12.2 Å². The molecule has 24 heavy (non-hydrogen) atoms. The maximum absolute atomic E-state index is 9.49. The van der Waals surface area contributed by atoms with Gasteiger partial charge in [0, 0.05) is 0 Å². The van der Waals surface area contributed by atoms with Crippen LogP contribution in [0.2, 0.25) is 0 Å². The molecule has 0 aromatic carbocycles. The van der Waals surface area contributed by atoms with Gasteiger partial charge in [-0.3, -0.25) is 0 Å². The summed E-state index contributed by atoms with van der Waals surface area (Å²) in [5.41, 5.74) is 0. The van der Waals surface area contributed by atoms with E-state index in [-0.39, 0.29) is 6.61 Å². The number of aliphatic hydroxyl groups is 3. The van der Waals surface area contributed by atoms with Crippen molar-refractivity contribution in [3.05, 3.63) is 12.2 Å². The van der Waals surface area contributed by atoms with E-state index in [4.69, 9.17) is 5.11 Å². The molecular weight excluding hydrogens is 300 g/mol. The highest BCUT2D eigenvalue weighted by atomic mass is 16.4. The van der Waals surface area contributed by atoms with E-state index in [0.717, 1.165) is 12.8 Å². The molecule has 0 saturated heterocycles. The summed E-state index contributed by atoms with van der Waals surface area (Å²) in [5.74, 6) is 0. The minimum atomic E-state index is -1.00. The number of aliphatic hydroxyl groups excluding tert-OH is 3. The zero-order valence-corrected chi connectivity index (χ0v) is 16.0. The third-order valence-corrected chi connectivity index (χ3v) is 4.65. The highest BCUT2D eigenvalue weighted by Gasteiger charge is 2.13. The zero-order valence-electron chi connectivity index (χ0n) is 16.0. The Morgan fingerprint density at radius 1 is 0.625 bits per heavy atom. The molecule has 0 bridgehead atoms. The monoisotopic (exact) mass is 342 g/mol. The Balaban J connectivity index is 3.18. The predicted molar refractivity (Wildman–Crippen MR) is 103 cm³/mol. The highest BCUT2D eigenvalue weighted by molar-refractivity contribution is 4.83. The predicted octanol–water partition coefficient (Wildman–Crippen LogP) is 5.13. The van der Waals surface area contributed by atoms with Crippen LogP contribution in [0.3, 0.4) is 0 Å². The van der Waals surface area contributed by atoms with E-state index in [2.05, 4.69) is 19.1 Å². The van der Waals surface area contributed by atoms with Crippen LogP contribution in [0.4, 0.5) is 0 Å². The lowest BCUT2D eigenvalue weighted by atomic mass is 10.0. The van der Waals surface area contributed by atoms with Crippen LogP contribution in [0.5, 0.6) is 0 Å². The van der Waals surface area contributed by atoms with Gasteiger partial charge < -0.3 is 15.3 Å². The van der Waals surface area contributed by atoms with E-state index in [1.54, 1.807) is 0 Å². The van der Waals surface area contributed by atoms with Gasteiger partial charge in [0.1, 0.15) is 6.10 Å². The maximum Gasteiger partial charge on any atom is 0.103 e. The maximum atomic E-state index is 9.49. The van der Waals surface area contributed by atoms with Crippen molar-refractivity contribution in [2.75, 3.05) is 6.61 Å². The van der Waals surface area contributed by atoms with Crippen LogP contribution in [0.1, 0.15) is 103 Å². The van der Waals surface area contributed by atoms with Crippen molar-refractivity contribution in [1.29, 1.82) is 0 Å². The molecule has 0 aromatic heterocycles. The van der Waals surface area contributed by atoms with E-state index in [1.165, 1.54) is 77.0 Å². The van der Waals surface area contributed by atoms with Gasteiger partial charge in [0.15, 0.2) is 0 Å². The average Bonchev–Trinajstić information content (AvgIpc) is 2.60. The van der Waals surface area contributed by atoms with Crippen LogP contribution >= 0.6 is 0 Å². The normalized spacial score (nSPS) is 14.3. The Morgan fingerprint density at radius 2 is 1.08 bits per heavy atom. The van der Waals surface area contributed by atoms with Crippen molar-refractivity contribution in [2.24, 2.45) is 0 Å². The van der Waals surface area contributed by atoms with Crippen LogP contribution in [0.25, 0.3) is 0 Å². The van der Waals surface area contributed by atoms with E-state index in [9.17, 15) is 10.2 Å². The quantitative estimate of drug-likeness (QED) is 0.239. The largest absolute Gasteiger partial charge is 0.394 e. The van der Waals surface area contributed by atoms with Gasteiger partial charge in [0.25, 0.3) is 0 Å². The summed E-state index contributed by atoms with van der Waals surface area (Å²) < 4.78 is 0. The molecular formula is C21H42O3. The third kappa shape index (κ3) is 16.5. The first-order valence-corrected chi connectivity index (χ1v) is 10.3. The minimum Gasteiger partial charge on any atom is -0.394 e. The van der Waals surface area contributed by atoms with E-state index >= 15 is 0 Å². The SMILES string of the molecule is CCCCCCCCCCCCCCC=CCCC(O)C(O)CO. The topological polar surface area (TPSA) is 60.7 Å². The fourth-order valence-electron chi connectivity index (χ4n) is 2.92. The highest BCUT2D eigenvalue weighted by Crippen LogP contribution is 2.12. The van der Waals surface area contributed by atoms with Gasteiger partial charge in [-0.1, -0.05) is 89.7 Å². The molecule has 3 nitrogen and oxygen atoms in total. The van der Waals surface area contributed by atoms with E-state index in [0.29, 0.717) is 6.42 Å². The van der Waals surface area contributed by atoms with Crippen LogP contribution in [0, 0.1) is 0 Å². The smallest absolute Gasteiger partial charge is 0.103 e. The Kier molecular flexibility index (Phi) is 18.7. The lowest BCUT2D eigenvalue weighted by molar-refractivity contribution is -0.0169. The molecule has 0 spiro atoms. The molecule has 2 unspecified atom stereocenters. The molecule has 0 rings (SSSR count). The second-order valence-electron chi connectivity index (χ2n) is 7.04. The van der Waals surface area contributed by atoms with Crippen molar-refractivity contribution >= 4 is 0 Å². The van der Waals surface area contributed by atoms with Gasteiger partial charge >= 0.3 is 0 Å². The lowest BCUT2D eigenvalue weighted by Gasteiger charge is -2.13. The van der Waals surface area contributed by atoms with Crippen molar-refractivity contribution in [2.45, 2.75) is 115 Å². The molecule has 0 aromatic rings. The van der Waals surface area contributed by atoms with Gasteiger partial charge in [-0.05, 0) is 25.7 Å². The molecule has 0 saturated carbocycles. The molecule has 0 radical (unpaired) electrons. The van der Waals surface area contributed by atoms with E-state index in [1.807, 2.05) is 0 Å². The molecule has 0 amide bonds. The first-order chi connectivity index (χ1) is 11.7. The average molecular weight is 343 g/mol. The summed E-state index contributed by atoms with van der Waals surface area (Å²) in [6, 6.07) is 0. The number of hydrogen-bond acceptors (Lipinski definition) is 3. The second-order valence-corrected chi connectivity index (χ2v) is 7.04. The molecule has 0 aliphatic heterocycles.